The van der Waals surface area contributed by atoms with Crippen molar-refractivity contribution in [1.29, 1.82) is 0 Å². The molecule has 0 amide bonds. The lowest BCUT2D eigenvalue weighted by atomic mass is 9.95. The zero-order valence-electron chi connectivity index (χ0n) is 24.2. The van der Waals surface area contributed by atoms with Crippen molar-refractivity contribution in [2.75, 3.05) is 44.3 Å². The van der Waals surface area contributed by atoms with Crippen LogP contribution >= 0.6 is 0 Å². The van der Waals surface area contributed by atoms with Crippen molar-refractivity contribution >= 4 is 33.8 Å². The first-order valence-corrected chi connectivity index (χ1v) is 15.4. The molecule has 3 saturated heterocycles. The second-order valence-electron chi connectivity index (χ2n) is 12.3. The number of hydrogen-bond acceptors (Lipinski definition) is 10. The van der Waals surface area contributed by atoms with Crippen LogP contribution in [0.4, 0.5) is 19.4 Å². The molecule has 5 aliphatic rings. The molecule has 4 aromatic rings. The van der Waals surface area contributed by atoms with Gasteiger partial charge < -0.3 is 19.1 Å². The Morgan fingerprint density at radius 2 is 2.05 bits per heavy atom. The van der Waals surface area contributed by atoms with E-state index in [1.165, 1.54) is 0 Å². The zero-order valence-corrected chi connectivity index (χ0v) is 24.2. The summed E-state index contributed by atoms with van der Waals surface area (Å²) in [4.78, 5) is 30.7. The van der Waals surface area contributed by atoms with Crippen molar-refractivity contribution < 1.29 is 27.8 Å². The Morgan fingerprint density at radius 3 is 2.98 bits per heavy atom. The summed E-state index contributed by atoms with van der Waals surface area (Å²) in [6.07, 6.45) is 5.88. The van der Waals surface area contributed by atoms with Crippen molar-refractivity contribution in [2.24, 2.45) is 0 Å². The predicted octanol–water partition coefficient (Wildman–Crippen LogP) is 4.73. The summed E-state index contributed by atoms with van der Waals surface area (Å²) in [5.41, 5.74) is 2.01. The molecular formula is C31H33F2N7O4. The van der Waals surface area contributed by atoms with Crippen LogP contribution < -0.4 is 9.64 Å². The Hall–Kier alpha value is -4.13. The third-order valence-corrected chi connectivity index (χ3v) is 9.57. The lowest BCUT2D eigenvalue weighted by Crippen LogP contribution is -2.43. The summed E-state index contributed by atoms with van der Waals surface area (Å²) < 4.78 is 48.6. The van der Waals surface area contributed by atoms with Crippen molar-refractivity contribution in [3.8, 4) is 17.3 Å². The molecule has 5 aliphatic heterocycles. The molecule has 44 heavy (non-hydrogen) atoms. The molecule has 6 bridgehead atoms. The molecule has 3 aromatic heterocycles. The molecule has 9 rings (SSSR count). The van der Waals surface area contributed by atoms with Gasteiger partial charge in [0.25, 0.3) is 0 Å². The maximum atomic E-state index is 16.8. The molecule has 0 unspecified atom stereocenters. The molecule has 8 heterocycles. The third-order valence-electron chi connectivity index (χ3n) is 9.57. The van der Waals surface area contributed by atoms with E-state index in [4.69, 9.17) is 19.2 Å². The minimum atomic E-state index is -0.901. The standard InChI is InChI=1S/C31H33F2N7O4/c32-19-12-31(8-3-10-40(31)15-19)17-43-29-36-26-22-13-34-27(25(26)33)24-18(6-7-23-21(24)14-35-38-23)4-2-11-42-30(41)44-20-5-1-9-39(16-20)28(22)37-29/h6-7,13-14,19-20H,1-5,8-12,15-17H2,(H,35,38)/t19-,20-,31+/m1/s1. The SMILES string of the molecule is O=C1OCCCc2ccc3[nH]ncc3c2-c2ncc3c(nc(OC[C@@]45CCCN4C[C@H](F)C5)nc3c2F)N2CCC[C@H](C2)O1. The molecule has 0 aliphatic carbocycles. The Balaban J connectivity index is 1.27. The van der Waals surface area contributed by atoms with Gasteiger partial charge in [-0.15, -0.1) is 0 Å². The number of ether oxygens (including phenoxy) is 3. The van der Waals surface area contributed by atoms with Crippen molar-refractivity contribution in [1.82, 2.24) is 30.0 Å². The first-order valence-electron chi connectivity index (χ1n) is 15.4. The number of benzene rings is 1. The molecule has 0 saturated carbocycles. The number of pyridine rings is 1. The van der Waals surface area contributed by atoms with Crippen molar-refractivity contribution in [2.45, 2.75) is 62.8 Å². The largest absolute Gasteiger partial charge is 0.508 e. The lowest BCUT2D eigenvalue weighted by Gasteiger charge is -2.34. The quantitative estimate of drug-likeness (QED) is 0.328. The Labute approximate surface area is 251 Å². The monoisotopic (exact) mass is 605 g/mol. The van der Waals surface area contributed by atoms with E-state index in [2.05, 4.69) is 25.1 Å². The van der Waals surface area contributed by atoms with Crippen LogP contribution in [0.25, 0.3) is 33.1 Å². The van der Waals surface area contributed by atoms with Crippen LogP contribution in [0.2, 0.25) is 0 Å². The molecular weight excluding hydrogens is 572 g/mol. The van der Waals surface area contributed by atoms with Crippen LogP contribution in [0.15, 0.2) is 24.5 Å². The maximum Gasteiger partial charge on any atom is 0.508 e. The second-order valence-corrected chi connectivity index (χ2v) is 12.3. The van der Waals surface area contributed by atoms with Gasteiger partial charge in [0.15, 0.2) is 5.82 Å². The number of hydrogen-bond donors (Lipinski definition) is 1. The van der Waals surface area contributed by atoms with E-state index in [0.29, 0.717) is 62.1 Å². The van der Waals surface area contributed by atoms with E-state index in [-0.39, 0.29) is 30.4 Å². The van der Waals surface area contributed by atoms with Gasteiger partial charge in [-0.1, -0.05) is 6.07 Å². The smallest absolute Gasteiger partial charge is 0.461 e. The maximum absolute atomic E-state index is 16.8. The van der Waals surface area contributed by atoms with E-state index in [1.54, 1.807) is 12.4 Å². The number of fused-ring (bicyclic) bond motifs is 8. The van der Waals surface area contributed by atoms with E-state index in [1.807, 2.05) is 17.0 Å². The summed E-state index contributed by atoms with van der Waals surface area (Å²) in [7, 11) is 0. The average Bonchev–Trinajstić information content (AvgIpc) is 3.72. The van der Waals surface area contributed by atoms with Gasteiger partial charge >= 0.3 is 12.2 Å². The second kappa shape index (κ2) is 10.8. The highest BCUT2D eigenvalue weighted by Gasteiger charge is 2.49. The normalized spacial score (nSPS) is 25.8. The van der Waals surface area contributed by atoms with Crippen LogP contribution in [0.5, 0.6) is 6.01 Å². The summed E-state index contributed by atoms with van der Waals surface area (Å²) in [5, 5.41) is 8.30. The van der Waals surface area contributed by atoms with Gasteiger partial charge in [-0.3, -0.25) is 15.0 Å². The number of alkyl halides is 1. The first-order chi connectivity index (χ1) is 21.5. The highest BCUT2D eigenvalue weighted by Crippen LogP contribution is 2.41. The number of rotatable bonds is 3. The number of H-pyrrole nitrogens is 1. The average molecular weight is 606 g/mol. The topological polar surface area (TPSA) is 119 Å². The number of piperidine rings is 1. The molecule has 3 fully saturated rings. The van der Waals surface area contributed by atoms with E-state index >= 15 is 4.39 Å². The van der Waals surface area contributed by atoms with Gasteiger partial charge in [0, 0.05) is 36.7 Å². The van der Waals surface area contributed by atoms with Gasteiger partial charge in [0.1, 0.15) is 35.9 Å². The first kappa shape index (κ1) is 27.4. The van der Waals surface area contributed by atoms with Gasteiger partial charge in [0.05, 0.1) is 35.8 Å². The van der Waals surface area contributed by atoms with Crippen LogP contribution in [-0.2, 0) is 15.9 Å². The number of aromatic amines is 1. The molecule has 0 radical (unpaired) electrons. The predicted molar refractivity (Wildman–Crippen MR) is 157 cm³/mol. The fourth-order valence-corrected chi connectivity index (χ4v) is 7.51. The zero-order chi connectivity index (χ0) is 29.8. The summed E-state index contributed by atoms with van der Waals surface area (Å²) in [6.45, 7) is 2.58. The van der Waals surface area contributed by atoms with Gasteiger partial charge in [-0.25, -0.2) is 13.6 Å². The Kier molecular flexibility index (Phi) is 6.73. The molecule has 11 nitrogen and oxygen atoms in total. The number of halogens is 2. The minimum Gasteiger partial charge on any atom is -0.461 e. The van der Waals surface area contributed by atoms with Gasteiger partial charge in [0.2, 0.25) is 0 Å². The highest BCUT2D eigenvalue weighted by atomic mass is 19.1. The van der Waals surface area contributed by atoms with Gasteiger partial charge in [-0.05, 0) is 56.7 Å². The number of aryl methyl sites for hydroxylation is 1. The lowest BCUT2D eigenvalue weighted by molar-refractivity contribution is 0.0186. The molecule has 13 heteroatoms. The van der Waals surface area contributed by atoms with Crippen LogP contribution in [0.3, 0.4) is 0 Å². The number of carbonyl (C=O) groups is 1. The minimum absolute atomic E-state index is 0.0254. The van der Waals surface area contributed by atoms with Crippen LogP contribution in [0, 0.1) is 5.82 Å². The Morgan fingerprint density at radius 1 is 1.11 bits per heavy atom. The number of nitrogens with one attached hydrogen (secondary N) is 1. The Bertz CT molecular complexity index is 1750. The number of carbonyl (C=O) groups excluding carboxylic acids is 1. The molecule has 0 spiro atoms. The summed E-state index contributed by atoms with van der Waals surface area (Å²) in [6, 6.07) is 3.83. The fraction of sp³-hybridized carbons (Fsp3) is 0.516. The van der Waals surface area contributed by atoms with E-state index in [0.717, 1.165) is 42.3 Å². The van der Waals surface area contributed by atoms with Gasteiger partial charge in [-0.2, -0.15) is 15.1 Å². The summed E-state index contributed by atoms with van der Waals surface area (Å²) >= 11 is 0. The van der Waals surface area contributed by atoms with Crippen molar-refractivity contribution in [3.63, 3.8) is 0 Å². The number of nitrogens with zero attached hydrogens (tertiary/aromatic N) is 6. The molecule has 3 atom stereocenters. The summed E-state index contributed by atoms with van der Waals surface area (Å²) in [5.74, 6) is -0.131. The van der Waals surface area contributed by atoms with Crippen LogP contribution in [0.1, 0.15) is 44.1 Å². The molecule has 230 valence electrons. The number of anilines is 1. The van der Waals surface area contributed by atoms with E-state index in [9.17, 15) is 9.18 Å². The molecule has 1 aromatic carbocycles. The fourth-order valence-electron chi connectivity index (χ4n) is 7.51. The molecule has 1 N–H and O–H groups in total. The van der Waals surface area contributed by atoms with Crippen molar-refractivity contribution in [3.05, 3.63) is 35.9 Å². The third kappa shape index (κ3) is 4.68. The number of aromatic nitrogens is 5. The van der Waals surface area contributed by atoms with Crippen LogP contribution in [-0.4, -0.2) is 93.4 Å². The highest BCUT2D eigenvalue weighted by molar-refractivity contribution is 5.99. The van der Waals surface area contributed by atoms with E-state index < -0.39 is 29.8 Å².